The second kappa shape index (κ2) is 9.16. The highest BCUT2D eigenvalue weighted by Gasteiger charge is 2.22. The first-order chi connectivity index (χ1) is 15.0. The molecule has 0 saturated carbocycles. The van der Waals surface area contributed by atoms with Crippen molar-refractivity contribution in [3.8, 4) is 0 Å². The van der Waals surface area contributed by atoms with Crippen molar-refractivity contribution in [1.29, 1.82) is 0 Å². The molecule has 0 aliphatic carbocycles. The summed E-state index contributed by atoms with van der Waals surface area (Å²) >= 11 is 1.78. The standard InChI is InChI=1S/C24H24N2O3S2/c1-2-31(28,29)19-14-12-18(13-15-19)24(27)25-16-7-17-26-20-8-3-5-10-22(20)30-23-11-6-4-9-21(23)26/h3-6,8-15H,2,7,16-17H2,1H3,(H,25,27). The molecule has 1 N–H and O–H groups in total. The SMILES string of the molecule is CCS(=O)(=O)c1ccc(C(=O)NCCCN2c3ccccc3Sc3ccccc32)cc1. The Hall–Kier alpha value is -2.77. The van der Waals surface area contributed by atoms with E-state index in [1.165, 1.54) is 33.3 Å². The summed E-state index contributed by atoms with van der Waals surface area (Å²) in [5.41, 5.74) is 2.83. The zero-order valence-electron chi connectivity index (χ0n) is 17.2. The topological polar surface area (TPSA) is 66.5 Å². The number of benzene rings is 3. The van der Waals surface area contributed by atoms with Crippen LogP contribution in [0.1, 0.15) is 23.7 Å². The zero-order valence-corrected chi connectivity index (χ0v) is 18.9. The Balaban J connectivity index is 1.38. The number of carbonyl (C=O) groups excluding carboxylic acids is 1. The fraction of sp³-hybridized carbons (Fsp3) is 0.208. The molecule has 4 rings (SSSR count). The normalized spacial score (nSPS) is 12.7. The van der Waals surface area contributed by atoms with Gasteiger partial charge in [-0.25, -0.2) is 8.42 Å². The van der Waals surface area contributed by atoms with Gasteiger partial charge in [0.1, 0.15) is 0 Å². The number of nitrogens with one attached hydrogen (secondary N) is 1. The smallest absolute Gasteiger partial charge is 0.251 e. The van der Waals surface area contributed by atoms with Crippen LogP contribution in [0.5, 0.6) is 0 Å². The fourth-order valence-electron chi connectivity index (χ4n) is 3.54. The number of anilines is 2. The van der Waals surface area contributed by atoms with Crippen LogP contribution in [0.2, 0.25) is 0 Å². The number of fused-ring (bicyclic) bond motifs is 2. The highest BCUT2D eigenvalue weighted by molar-refractivity contribution is 7.99. The van der Waals surface area contributed by atoms with Gasteiger partial charge in [0.2, 0.25) is 0 Å². The Kier molecular flexibility index (Phi) is 6.34. The van der Waals surface area contributed by atoms with Crippen LogP contribution in [0.25, 0.3) is 0 Å². The van der Waals surface area contributed by atoms with E-state index in [-0.39, 0.29) is 16.6 Å². The lowest BCUT2D eigenvalue weighted by Gasteiger charge is -2.32. The van der Waals surface area contributed by atoms with Crippen molar-refractivity contribution in [3.63, 3.8) is 0 Å². The number of carbonyl (C=O) groups is 1. The molecule has 31 heavy (non-hydrogen) atoms. The van der Waals surface area contributed by atoms with Crippen LogP contribution in [-0.4, -0.2) is 33.2 Å². The van der Waals surface area contributed by atoms with E-state index in [2.05, 4.69) is 46.6 Å². The van der Waals surface area contributed by atoms with E-state index in [1.54, 1.807) is 30.8 Å². The monoisotopic (exact) mass is 452 g/mol. The van der Waals surface area contributed by atoms with Gasteiger partial charge in [0, 0.05) is 28.4 Å². The van der Waals surface area contributed by atoms with Crippen molar-refractivity contribution >= 4 is 38.9 Å². The molecule has 160 valence electrons. The Morgan fingerprint density at radius 3 is 2.06 bits per heavy atom. The van der Waals surface area contributed by atoms with Gasteiger partial charge in [-0.2, -0.15) is 0 Å². The first kappa shape index (κ1) is 21.5. The summed E-state index contributed by atoms with van der Waals surface area (Å²) in [4.78, 5) is 17.4. The third kappa shape index (κ3) is 4.62. The molecule has 0 bridgehead atoms. The van der Waals surface area contributed by atoms with Crippen molar-refractivity contribution in [2.24, 2.45) is 0 Å². The average Bonchev–Trinajstić information content (AvgIpc) is 2.81. The first-order valence-corrected chi connectivity index (χ1v) is 12.7. The molecule has 0 saturated heterocycles. The van der Waals surface area contributed by atoms with Crippen LogP contribution in [0.4, 0.5) is 11.4 Å². The van der Waals surface area contributed by atoms with E-state index in [9.17, 15) is 13.2 Å². The fourth-order valence-corrected chi connectivity index (χ4v) is 5.52. The van der Waals surface area contributed by atoms with Gasteiger partial charge < -0.3 is 10.2 Å². The molecular weight excluding hydrogens is 428 g/mol. The van der Waals surface area contributed by atoms with Gasteiger partial charge in [0.25, 0.3) is 5.91 Å². The van der Waals surface area contributed by atoms with Gasteiger partial charge in [-0.1, -0.05) is 43.0 Å². The molecule has 3 aromatic carbocycles. The van der Waals surface area contributed by atoms with E-state index >= 15 is 0 Å². The van der Waals surface area contributed by atoms with Crippen LogP contribution >= 0.6 is 11.8 Å². The number of rotatable bonds is 7. The number of para-hydroxylation sites is 2. The molecule has 7 heteroatoms. The van der Waals surface area contributed by atoms with Crippen LogP contribution in [0, 0.1) is 0 Å². The molecule has 0 unspecified atom stereocenters. The Morgan fingerprint density at radius 1 is 0.903 bits per heavy atom. The lowest BCUT2D eigenvalue weighted by atomic mass is 10.2. The second-order valence-corrected chi connectivity index (χ2v) is 10.6. The van der Waals surface area contributed by atoms with Crippen molar-refractivity contribution in [2.45, 2.75) is 28.0 Å². The maximum Gasteiger partial charge on any atom is 0.251 e. The second-order valence-electron chi connectivity index (χ2n) is 7.23. The molecule has 0 aromatic heterocycles. The number of sulfone groups is 1. The van der Waals surface area contributed by atoms with E-state index in [0.717, 1.165) is 13.0 Å². The van der Waals surface area contributed by atoms with Crippen molar-refractivity contribution in [1.82, 2.24) is 5.32 Å². The molecule has 0 radical (unpaired) electrons. The van der Waals surface area contributed by atoms with Crippen molar-refractivity contribution in [2.75, 3.05) is 23.7 Å². The minimum Gasteiger partial charge on any atom is -0.352 e. The zero-order chi connectivity index (χ0) is 21.8. The highest BCUT2D eigenvalue weighted by atomic mass is 32.2. The first-order valence-electron chi connectivity index (χ1n) is 10.2. The molecule has 1 aliphatic heterocycles. The molecule has 0 spiro atoms. The number of hydrogen-bond acceptors (Lipinski definition) is 5. The van der Waals surface area contributed by atoms with Crippen molar-refractivity contribution in [3.05, 3.63) is 78.4 Å². The average molecular weight is 453 g/mol. The summed E-state index contributed by atoms with van der Waals surface area (Å²) in [5.74, 6) is -0.157. The van der Waals surface area contributed by atoms with E-state index in [0.29, 0.717) is 12.1 Å². The van der Waals surface area contributed by atoms with Gasteiger partial charge in [-0.05, 0) is 55.0 Å². The predicted molar refractivity (Wildman–Crippen MR) is 125 cm³/mol. The number of nitrogens with zero attached hydrogens (tertiary/aromatic N) is 1. The van der Waals surface area contributed by atoms with Crippen LogP contribution < -0.4 is 10.2 Å². The minimum absolute atomic E-state index is 0.0415. The summed E-state index contributed by atoms with van der Waals surface area (Å²) in [5, 5.41) is 2.94. The summed E-state index contributed by atoms with van der Waals surface area (Å²) in [6.45, 7) is 2.91. The lowest BCUT2D eigenvalue weighted by Crippen LogP contribution is -2.29. The summed E-state index contributed by atoms with van der Waals surface area (Å²) in [6, 6.07) is 22.8. The van der Waals surface area contributed by atoms with Gasteiger partial charge in [-0.3, -0.25) is 4.79 Å². The minimum atomic E-state index is -3.26. The molecule has 3 aromatic rings. The van der Waals surface area contributed by atoms with Crippen LogP contribution in [-0.2, 0) is 9.84 Å². The maximum absolute atomic E-state index is 12.4. The third-order valence-electron chi connectivity index (χ3n) is 5.23. The molecule has 0 atom stereocenters. The van der Waals surface area contributed by atoms with E-state index in [1.807, 2.05) is 12.1 Å². The van der Waals surface area contributed by atoms with Gasteiger partial charge >= 0.3 is 0 Å². The Bertz CT molecular complexity index is 1150. The third-order valence-corrected chi connectivity index (χ3v) is 8.11. The molecule has 1 heterocycles. The lowest BCUT2D eigenvalue weighted by molar-refractivity contribution is 0.0953. The molecule has 0 fully saturated rings. The Morgan fingerprint density at radius 2 is 1.48 bits per heavy atom. The number of amides is 1. The molecule has 5 nitrogen and oxygen atoms in total. The Labute approximate surface area is 187 Å². The highest BCUT2D eigenvalue weighted by Crippen LogP contribution is 2.47. The summed E-state index contributed by atoms with van der Waals surface area (Å²) in [6.07, 6.45) is 0.779. The summed E-state index contributed by atoms with van der Waals surface area (Å²) in [7, 11) is -3.26. The maximum atomic E-state index is 12.4. The largest absolute Gasteiger partial charge is 0.352 e. The predicted octanol–water partition coefficient (Wildman–Crippen LogP) is 4.90. The molecule has 1 aliphatic rings. The van der Waals surface area contributed by atoms with Gasteiger partial charge in [-0.15, -0.1) is 0 Å². The van der Waals surface area contributed by atoms with Crippen molar-refractivity contribution < 1.29 is 13.2 Å². The summed E-state index contributed by atoms with van der Waals surface area (Å²) < 4.78 is 23.8. The quantitative estimate of drug-likeness (QED) is 0.517. The molecule has 1 amide bonds. The van der Waals surface area contributed by atoms with Gasteiger partial charge in [0.05, 0.1) is 22.0 Å². The van der Waals surface area contributed by atoms with Crippen LogP contribution in [0.15, 0.2) is 87.5 Å². The number of hydrogen-bond donors (Lipinski definition) is 1. The van der Waals surface area contributed by atoms with Gasteiger partial charge in [0.15, 0.2) is 9.84 Å². The molecular formula is C24H24N2O3S2. The van der Waals surface area contributed by atoms with E-state index < -0.39 is 9.84 Å². The van der Waals surface area contributed by atoms with E-state index in [4.69, 9.17) is 0 Å². The van der Waals surface area contributed by atoms with Crippen LogP contribution in [0.3, 0.4) is 0 Å².